The monoisotopic (exact) mass is 254 g/mol. The van der Waals surface area contributed by atoms with E-state index in [1.807, 2.05) is 24.3 Å². The average Bonchev–Trinajstić information content (AvgIpc) is 2.89. The van der Waals surface area contributed by atoms with Crippen molar-refractivity contribution in [3.05, 3.63) is 60.8 Å². The molecule has 0 saturated carbocycles. The number of rotatable bonds is 2. The molecule has 0 radical (unpaired) electrons. The lowest BCUT2D eigenvalue weighted by atomic mass is 10.1. The van der Waals surface area contributed by atoms with Crippen LogP contribution in [-0.2, 0) is 0 Å². The predicted molar refractivity (Wildman–Crippen MR) is 71.2 cm³/mol. The highest BCUT2D eigenvalue weighted by molar-refractivity contribution is 5.75. The molecule has 19 heavy (non-hydrogen) atoms. The first-order chi connectivity index (χ1) is 9.25. The Morgan fingerprint density at radius 2 is 1.95 bits per heavy atom. The van der Waals surface area contributed by atoms with Crippen molar-refractivity contribution < 1.29 is 4.39 Å². The molecule has 5 heteroatoms. The summed E-state index contributed by atoms with van der Waals surface area (Å²) in [5.74, 6) is -0.249. The predicted octanol–water partition coefficient (Wildman–Crippen LogP) is 2.66. The molecule has 0 unspecified atom stereocenters. The maximum Gasteiger partial charge on any atom is 0.189 e. The number of para-hydroxylation sites is 1. The third-order valence-corrected chi connectivity index (χ3v) is 2.81. The Bertz CT molecular complexity index is 661. The van der Waals surface area contributed by atoms with E-state index in [4.69, 9.17) is 5.73 Å². The Morgan fingerprint density at radius 3 is 2.74 bits per heavy atom. The van der Waals surface area contributed by atoms with Crippen LogP contribution in [0.25, 0.3) is 16.9 Å². The van der Waals surface area contributed by atoms with Gasteiger partial charge in [-0.05, 0) is 18.2 Å². The quantitative estimate of drug-likeness (QED) is 0.715. The van der Waals surface area contributed by atoms with Gasteiger partial charge in [-0.2, -0.15) is 5.10 Å². The van der Waals surface area contributed by atoms with Crippen molar-refractivity contribution in [1.29, 1.82) is 0 Å². The summed E-state index contributed by atoms with van der Waals surface area (Å²) in [5, 5.41) is 4.12. The Hall–Kier alpha value is -2.69. The van der Waals surface area contributed by atoms with Crippen LogP contribution in [0.5, 0.6) is 0 Å². The van der Waals surface area contributed by atoms with E-state index in [1.54, 1.807) is 18.5 Å². The zero-order chi connectivity index (χ0) is 13.2. The van der Waals surface area contributed by atoms with Gasteiger partial charge in [0.2, 0.25) is 0 Å². The van der Waals surface area contributed by atoms with E-state index < -0.39 is 5.82 Å². The number of nitrogen functional groups attached to an aromatic ring is 1. The van der Waals surface area contributed by atoms with Crippen LogP contribution in [0.15, 0.2) is 55.0 Å². The number of nitrogens with two attached hydrogens (primary N) is 1. The first-order valence-corrected chi connectivity index (χ1v) is 5.76. The van der Waals surface area contributed by atoms with Gasteiger partial charge < -0.3 is 5.73 Å². The van der Waals surface area contributed by atoms with Crippen LogP contribution in [0.4, 0.5) is 10.1 Å². The van der Waals surface area contributed by atoms with E-state index in [1.165, 1.54) is 16.9 Å². The number of nitrogens with zero attached hydrogens (tertiary/aromatic N) is 3. The van der Waals surface area contributed by atoms with Crippen LogP contribution in [0, 0.1) is 5.82 Å². The number of halogens is 1. The van der Waals surface area contributed by atoms with Crippen molar-refractivity contribution in [2.24, 2.45) is 0 Å². The molecule has 0 aliphatic rings. The van der Waals surface area contributed by atoms with Crippen LogP contribution < -0.4 is 5.73 Å². The standard InChI is InChI=1S/C14H11FN4/c15-12-5-3-7-17-14(12)19-9-10(8-18-19)11-4-1-2-6-13(11)16/h1-9H,16H2. The summed E-state index contributed by atoms with van der Waals surface area (Å²) in [6.07, 6.45) is 4.87. The van der Waals surface area contributed by atoms with Crippen LogP contribution in [0.3, 0.4) is 0 Å². The van der Waals surface area contributed by atoms with Crippen LogP contribution >= 0.6 is 0 Å². The van der Waals surface area contributed by atoms with Crippen LogP contribution in [0.2, 0.25) is 0 Å². The van der Waals surface area contributed by atoms with E-state index >= 15 is 0 Å². The number of aromatic nitrogens is 3. The van der Waals surface area contributed by atoms with E-state index in [-0.39, 0.29) is 5.82 Å². The fraction of sp³-hybridized carbons (Fsp3) is 0. The Labute approximate surface area is 109 Å². The molecule has 3 aromatic rings. The minimum atomic E-state index is -0.418. The smallest absolute Gasteiger partial charge is 0.189 e. The average molecular weight is 254 g/mol. The number of pyridine rings is 1. The second kappa shape index (κ2) is 4.53. The molecular formula is C14H11FN4. The largest absolute Gasteiger partial charge is 0.398 e. The lowest BCUT2D eigenvalue weighted by molar-refractivity contribution is 0.600. The Kier molecular flexibility index (Phi) is 2.72. The lowest BCUT2D eigenvalue weighted by Crippen LogP contribution is -2.00. The van der Waals surface area contributed by atoms with Crippen LogP contribution in [0.1, 0.15) is 0 Å². The molecule has 0 aliphatic carbocycles. The summed E-state index contributed by atoms with van der Waals surface area (Å²) >= 11 is 0. The highest BCUT2D eigenvalue weighted by Crippen LogP contribution is 2.25. The van der Waals surface area contributed by atoms with Crippen molar-refractivity contribution >= 4 is 5.69 Å². The first-order valence-electron chi connectivity index (χ1n) is 5.76. The number of hydrogen-bond acceptors (Lipinski definition) is 3. The van der Waals surface area contributed by atoms with Gasteiger partial charge >= 0.3 is 0 Å². The topological polar surface area (TPSA) is 56.7 Å². The second-order valence-corrected chi connectivity index (χ2v) is 4.07. The first kappa shape index (κ1) is 11.4. The Morgan fingerprint density at radius 1 is 1.11 bits per heavy atom. The summed E-state index contributed by atoms with van der Waals surface area (Å²) in [5.41, 5.74) is 8.25. The van der Waals surface area contributed by atoms with Gasteiger partial charge in [0.25, 0.3) is 0 Å². The van der Waals surface area contributed by atoms with Gasteiger partial charge in [0.05, 0.1) is 6.20 Å². The molecule has 0 atom stereocenters. The summed E-state index contributed by atoms with van der Waals surface area (Å²) in [7, 11) is 0. The maximum absolute atomic E-state index is 13.6. The van der Waals surface area contributed by atoms with Crippen LogP contribution in [-0.4, -0.2) is 14.8 Å². The van der Waals surface area contributed by atoms with Gasteiger partial charge in [0.1, 0.15) is 0 Å². The van der Waals surface area contributed by atoms with Crippen molar-refractivity contribution in [2.75, 3.05) is 5.73 Å². The molecule has 0 bridgehead atoms. The zero-order valence-corrected chi connectivity index (χ0v) is 9.99. The summed E-state index contributed by atoms with van der Waals surface area (Å²) in [6, 6.07) is 10.4. The highest BCUT2D eigenvalue weighted by Gasteiger charge is 2.09. The molecule has 0 amide bonds. The van der Waals surface area contributed by atoms with Crippen molar-refractivity contribution in [1.82, 2.24) is 14.8 Å². The summed E-state index contributed by atoms with van der Waals surface area (Å²) in [6.45, 7) is 0. The van der Waals surface area contributed by atoms with Crippen molar-refractivity contribution in [3.63, 3.8) is 0 Å². The molecule has 3 rings (SSSR count). The van der Waals surface area contributed by atoms with Gasteiger partial charge in [0, 0.05) is 29.2 Å². The molecule has 2 N–H and O–H groups in total. The highest BCUT2D eigenvalue weighted by atomic mass is 19.1. The van der Waals surface area contributed by atoms with E-state index in [0.29, 0.717) is 5.69 Å². The van der Waals surface area contributed by atoms with Crippen molar-refractivity contribution in [2.45, 2.75) is 0 Å². The fourth-order valence-electron chi connectivity index (χ4n) is 1.88. The van der Waals surface area contributed by atoms with E-state index in [9.17, 15) is 4.39 Å². The second-order valence-electron chi connectivity index (χ2n) is 4.07. The van der Waals surface area contributed by atoms with Gasteiger partial charge in [-0.15, -0.1) is 0 Å². The molecule has 2 heterocycles. The van der Waals surface area contributed by atoms with E-state index in [0.717, 1.165) is 11.1 Å². The van der Waals surface area contributed by atoms with Gasteiger partial charge in [-0.3, -0.25) is 0 Å². The van der Waals surface area contributed by atoms with Crippen molar-refractivity contribution in [3.8, 4) is 16.9 Å². The zero-order valence-electron chi connectivity index (χ0n) is 9.99. The molecule has 0 saturated heterocycles. The molecule has 0 spiro atoms. The Balaban J connectivity index is 2.06. The molecule has 0 aliphatic heterocycles. The lowest BCUT2D eigenvalue weighted by Gasteiger charge is -2.02. The third-order valence-electron chi connectivity index (χ3n) is 2.81. The normalized spacial score (nSPS) is 10.6. The summed E-state index contributed by atoms with van der Waals surface area (Å²) < 4.78 is 15.0. The minimum Gasteiger partial charge on any atom is -0.398 e. The SMILES string of the molecule is Nc1ccccc1-c1cnn(-c2ncccc2F)c1. The molecule has 1 aromatic carbocycles. The number of hydrogen-bond donors (Lipinski definition) is 1. The van der Waals surface area contributed by atoms with Gasteiger partial charge in [-0.1, -0.05) is 18.2 Å². The number of benzene rings is 1. The molecule has 0 fully saturated rings. The van der Waals surface area contributed by atoms with E-state index in [2.05, 4.69) is 10.1 Å². The number of anilines is 1. The molecular weight excluding hydrogens is 243 g/mol. The third kappa shape index (κ3) is 2.06. The fourth-order valence-corrected chi connectivity index (χ4v) is 1.88. The van der Waals surface area contributed by atoms with Gasteiger partial charge in [-0.25, -0.2) is 14.1 Å². The summed E-state index contributed by atoms with van der Waals surface area (Å²) in [4.78, 5) is 3.97. The molecule has 2 aromatic heterocycles. The molecule has 4 nitrogen and oxygen atoms in total. The van der Waals surface area contributed by atoms with Gasteiger partial charge in [0.15, 0.2) is 11.6 Å². The minimum absolute atomic E-state index is 0.170. The maximum atomic E-state index is 13.6. The molecule has 94 valence electrons.